The Kier molecular flexibility index (Phi) is 10.6. The molecule has 0 atom stereocenters. The fourth-order valence-corrected chi connectivity index (χ4v) is 5.09. The molecule has 0 amide bonds. The number of piperazine rings is 1. The summed E-state index contributed by atoms with van der Waals surface area (Å²) in [5, 5.41) is 11.0. The van der Waals surface area contributed by atoms with Gasteiger partial charge in [0.2, 0.25) is 5.95 Å². The van der Waals surface area contributed by atoms with E-state index in [2.05, 4.69) is 74.8 Å². The summed E-state index contributed by atoms with van der Waals surface area (Å²) in [6.45, 7) is 15.9. The van der Waals surface area contributed by atoms with Gasteiger partial charge in [-0.15, -0.1) is 0 Å². The molecule has 8 nitrogen and oxygen atoms in total. The molecule has 0 bridgehead atoms. The maximum Gasteiger partial charge on any atom is 0.227 e. The highest BCUT2D eigenvalue weighted by molar-refractivity contribution is 5.76. The van der Waals surface area contributed by atoms with Crippen LogP contribution in [0.3, 0.4) is 0 Å². The molecule has 0 spiro atoms. The third-order valence-electron chi connectivity index (χ3n) is 8.04. The van der Waals surface area contributed by atoms with Gasteiger partial charge in [0.25, 0.3) is 0 Å². The minimum Gasteiger partial charge on any atom is -0.356 e. The number of benzene rings is 2. The molecule has 3 heterocycles. The van der Waals surface area contributed by atoms with Crippen molar-refractivity contribution in [2.45, 2.75) is 47.0 Å². The van der Waals surface area contributed by atoms with Gasteiger partial charge in [-0.1, -0.05) is 50.5 Å². The van der Waals surface area contributed by atoms with E-state index in [9.17, 15) is 4.39 Å². The molecule has 45 heavy (non-hydrogen) atoms. The molecular formula is C36H43FN8. The average molecular weight is 607 g/mol. The predicted octanol–water partition coefficient (Wildman–Crippen LogP) is 6.47. The van der Waals surface area contributed by atoms with Crippen LogP contribution in [0.5, 0.6) is 0 Å². The van der Waals surface area contributed by atoms with Gasteiger partial charge in [0.15, 0.2) is 0 Å². The second kappa shape index (κ2) is 15.0. The third-order valence-corrected chi connectivity index (χ3v) is 8.04. The maximum atomic E-state index is 14.0. The van der Waals surface area contributed by atoms with Crippen molar-refractivity contribution in [2.75, 3.05) is 43.9 Å². The van der Waals surface area contributed by atoms with E-state index in [-0.39, 0.29) is 0 Å². The largest absolute Gasteiger partial charge is 0.356 e. The Morgan fingerprint density at radius 1 is 0.978 bits per heavy atom. The van der Waals surface area contributed by atoms with Gasteiger partial charge >= 0.3 is 0 Å². The number of rotatable bonds is 11. The van der Waals surface area contributed by atoms with Crippen molar-refractivity contribution < 1.29 is 4.39 Å². The Bertz CT molecular complexity index is 1660. The Morgan fingerprint density at radius 2 is 1.76 bits per heavy atom. The first kappa shape index (κ1) is 31.9. The monoisotopic (exact) mass is 606 g/mol. The Hall–Kier alpha value is -4.52. The summed E-state index contributed by atoms with van der Waals surface area (Å²) < 4.78 is 16.0. The number of hydrogen-bond donors (Lipinski definition) is 2. The number of hydrogen-bond acceptors (Lipinski definition) is 7. The lowest BCUT2D eigenvalue weighted by atomic mass is 10.0. The van der Waals surface area contributed by atoms with Crippen molar-refractivity contribution >= 4 is 23.0 Å². The van der Waals surface area contributed by atoms with Gasteiger partial charge in [-0.2, -0.15) is 5.10 Å². The van der Waals surface area contributed by atoms with Crippen LogP contribution in [0.15, 0.2) is 67.8 Å². The summed E-state index contributed by atoms with van der Waals surface area (Å²) in [4.78, 5) is 13.6. The average Bonchev–Trinajstić information content (AvgIpc) is 3.49. The van der Waals surface area contributed by atoms with Crippen LogP contribution in [0, 0.1) is 24.7 Å². The molecular weight excluding hydrogens is 563 g/mol. The number of nitrogens with one attached hydrogen (secondary N) is 2. The summed E-state index contributed by atoms with van der Waals surface area (Å²) in [5.41, 5.74) is 7.70. The third kappa shape index (κ3) is 9.00. The summed E-state index contributed by atoms with van der Waals surface area (Å²) in [6, 6.07) is 12.0. The maximum absolute atomic E-state index is 14.0. The minimum absolute atomic E-state index is 0.493. The number of aromatic nitrogens is 4. The molecule has 1 aliphatic rings. The molecule has 1 aliphatic heterocycles. The Morgan fingerprint density at radius 3 is 2.49 bits per heavy atom. The molecule has 2 N–H and O–H groups in total. The Labute approximate surface area is 266 Å². The zero-order valence-electron chi connectivity index (χ0n) is 26.8. The quantitative estimate of drug-likeness (QED) is 0.190. The lowest BCUT2D eigenvalue weighted by molar-refractivity contribution is 0.147. The fourth-order valence-electron chi connectivity index (χ4n) is 5.09. The van der Waals surface area contributed by atoms with Crippen LogP contribution >= 0.6 is 0 Å². The molecule has 234 valence electrons. The topological polar surface area (TPSA) is 74.1 Å². The second-order valence-electron chi connectivity index (χ2n) is 12.2. The van der Waals surface area contributed by atoms with Crippen molar-refractivity contribution in [3.63, 3.8) is 0 Å². The van der Waals surface area contributed by atoms with Gasteiger partial charge < -0.3 is 15.5 Å². The molecule has 4 aromatic rings. The molecule has 2 aromatic carbocycles. The van der Waals surface area contributed by atoms with Gasteiger partial charge in [0.1, 0.15) is 6.67 Å². The van der Waals surface area contributed by atoms with E-state index >= 15 is 0 Å². The molecule has 0 radical (unpaired) electrons. The van der Waals surface area contributed by atoms with Crippen LogP contribution in [0.2, 0.25) is 0 Å². The predicted molar refractivity (Wildman–Crippen MR) is 181 cm³/mol. The first-order valence-corrected chi connectivity index (χ1v) is 15.5. The van der Waals surface area contributed by atoms with E-state index in [0.717, 1.165) is 85.0 Å². The van der Waals surface area contributed by atoms with E-state index in [1.54, 1.807) is 18.6 Å². The minimum atomic E-state index is -0.501. The van der Waals surface area contributed by atoms with E-state index in [4.69, 9.17) is 0 Å². The lowest BCUT2D eigenvalue weighted by Crippen LogP contribution is -2.44. The first-order valence-electron chi connectivity index (χ1n) is 15.5. The van der Waals surface area contributed by atoms with Crippen molar-refractivity contribution in [1.82, 2.24) is 29.5 Å². The smallest absolute Gasteiger partial charge is 0.227 e. The van der Waals surface area contributed by atoms with Crippen LogP contribution < -0.4 is 10.6 Å². The number of aryl methyl sites for hydroxylation is 2. The number of halogens is 1. The highest BCUT2D eigenvalue weighted by Gasteiger charge is 2.16. The Balaban J connectivity index is 1.20. The van der Waals surface area contributed by atoms with Crippen molar-refractivity contribution in [1.29, 1.82) is 0 Å². The fraction of sp³-hybridized carbons (Fsp3) is 0.361. The highest BCUT2D eigenvalue weighted by atomic mass is 19.1. The van der Waals surface area contributed by atoms with Crippen LogP contribution in [0.1, 0.15) is 53.6 Å². The normalized spacial score (nSPS) is 13.8. The molecule has 9 heteroatoms. The number of likely N-dealkylation sites (N-methyl/N-ethyl adjacent to an activating group) is 1. The van der Waals surface area contributed by atoms with Crippen molar-refractivity contribution in [3.05, 3.63) is 101 Å². The second-order valence-corrected chi connectivity index (χ2v) is 12.2. The molecule has 1 saturated heterocycles. The molecule has 0 saturated carbocycles. The molecule has 2 aromatic heterocycles. The summed E-state index contributed by atoms with van der Waals surface area (Å²) >= 11 is 0. The van der Waals surface area contributed by atoms with Gasteiger partial charge in [-0.25, -0.2) is 14.4 Å². The molecule has 0 aliphatic carbocycles. The van der Waals surface area contributed by atoms with Gasteiger partial charge in [0, 0.05) is 74.8 Å². The zero-order chi connectivity index (χ0) is 31.8. The molecule has 1 fully saturated rings. The van der Waals surface area contributed by atoms with Crippen molar-refractivity contribution in [3.8, 4) is 11.8 Å². The van der Waals surface area contributed by atoms with Gasteiger partial charge in [0.05, 0.1) is 17.4 Å². The van der Waals surface area contributed by atoms with E-state index in [0.29, 0.717) is 23.0 Å². The van der Waals surface area contributed by atoms with Crippen LogP contribution in [-0.4, -0.2) is 62.8 Å². The summed E-state index contributed by atoms with van der Waals surface area (Å²) in [7, 11) is 2.14. The summed E-state index contributed by atoms with van der Waals surface area (Å²) in [5.74, 6) is 7.56. The lowest BCUT2D eigenvalue weighted by Gasteiger charge is -2.32. The highest BCUT2D eigenvalue weighted by Crippen LogP contribution is 2.24. The summed E-state index contributed by atoms with van der Waals surface area (Å²) in [6.07, 6.45) is 8.23. The van der Waals surface area contributed by atoms with Crippen molar-refractivity contribution in [2.24, 2.45) is 5.92 Å². The van der Waals surface area contributed by atoms with Crippen LogP contribution in [-0.2, 0) is 19.8 Å². The number of nitrogens with zero attached hydrogens (tertiary/aromatic N) is 6. The van der Waals surface area contributed by atoms with E-state index in [1.807, 2.05) is 54.2 Å². The standard InChI is InChI=1S/C36H43FN8/c1-26(2)12-13-45-25-35(23-40-45)42-36-38-21-29(22-39-36)7-9-30-18-31(8-6-27(30)3)28(4)41-34-11-10-32(33(19-34)20-37)24-44-16-14-43(5)15-17-44/h6,8,10-11,18-19,21-23,25-26,41H,4,12-17,20,24H2,1-3,5H3,(H,38,39,42). The van der Waals surface area contributed by atoms with Gasteiger partial charge in [-0.3, -0.25) is 9.58 Å². The zero-order valence-corrected chi connectivity index (χ0v) is 26.8. The van der Waals surface area contributed by atoms with E-state index in [1.165, 1.54) is 0 Å². The first-order chi connectivity index (χ1) is 21.7. The SMILES string of the molecule is C=C(Nc1ccc(CN2CCN(C)CC2)c(CF)c1)c1ccc(C)c(C#Cc2cnc(Nc3cnn(CCC(C)C)c3)nc2)c1. The van der Waals surface area contributed by atoms with Crippen LogP contribution in [0.4, 0.5) is 21.7 Å². The number of alkyl halides is 1. The van der Waals surface area contributed by atoms with E-state index < -0.39 is 6.67 Å². The molecule has 0 unspecified atom stereocenters. The number of anilines is 3. The van der Waals surface area contributed by atoms with Crippen LogP contribution in [0.25, 0.3) is 5.70 Å². The van der Waals surface area contributed by atoms with Gasteiger partial charge in [-0.05, 0) is 66.8 Å². The molecule has 5 rings (SSSR count).